The Morgan fingerprint density at radius 2 is 2.17 bits per heavy atom. The van der Waals surface area contributed by atoms with Crippen molar-refractivity contribution in [3.63, 3.8) is 0 Å². The van der Waals surface area contributed by atoms with E-state index in [-0.39, 0.29) is 11.7 Å². The minimum Gasteiger partial charge on any atom is -0.507 e. The van der Waals surface area contributed by atoms with E-state index in [1.807, 2.05) is 4.90 Å². The molecule has 1 aliphatic rings. The van der Waals surface area contributed by atoms with Gasteiger partial charge in [0.25, 0.3) is 5.91 Å². The van der Waals surface area contributed by atoms with Gasteiger partial charge in [0, 0.05) is 18.7 Å². The second kappa shape index (κ2) is 5.91. The van der Waals surface area contributed by atoms with Gasteiger partial charge in [0.1, 0.15) is 5.75 Å². The summed E-state index contributed by atoms with van der Waals surface area (Å²) in [4.78, 5) is 14.2. The van der Waals surface area contributed by atoms with Gasteiger partial charge in [-0.2, -0.15) is 0 Å². The largest absolute Gasteiger partial charge is 0.507 e. The number of phenolic OH excluding ortho intramolecular Hbond substituents is 1. The summed E-state index contributed by atoms with van der Waals surface area (Å²) in [5.41, 5.74) is 0.586. The number of carbonyl (C=O) groups is 1. The third kappa shape index (κ3) is 3.16. The third-order valence-electron chi connectivity index (χ3n) is 3.50. The molecule has 18 heavy (non-hydrogen) atoms. The van der Waals surface area contributed by atoms with Crippen molar-refractivity contribution < 1.29 is 9.90 Å². The van der Waals surface area contributed by atoms with Crippen molar-refractivity contribution in [1.29, 1.82) is 0 Å². The molecule has 1 aliphatic heterocycles. The highest BCUT2D eigenvalue weighted by molar-refractivity contribution is 14.1. The number of phenols is 1. The van der Waals surface area contributed by atoms with Crippen LogP contribution < -0.4 is 0 Å². The average molecular weight is 359 g/mol. The van der Waals surface area contributed by atoms with Crippen molar-refractivity contribution >= 4 is 28.5 Å². The molecule has 1 saturated heterocycles. The molecule has 3 nitrogen and oxygen atoms in total. The molecule has 4 heteroatoms. The van der Waals surface area contributed by atoms with E-state index in [2.05, 4.69) is 29.5 Å². The molecule has 0 spiro atoms. The smallest absolute Gasteiger partial charge is 0.253 e. The fourth-order valence-corrected chi connectivity index (χ4v) is 2.63. The first-order valence-electron chi connectivity index (χ1n) is 6.35. The second-order valence-corrected chi connectivity index (χ2v) is 6.16. The number of hydrogen-bond donors (Lipinski definition) is 1. The minimum atomic E-state index is 0.0378. The van der Waals surface area contributed by atoms with Crippen LogP contribution in [-0.4, -0.2) is 29.0 Å². The molecule has 1 N–H and O–H groups in total. The van der Waals surface area contributed by atoms with Gasteiger partial charge in [0.2, 0.25) is 0 Å². The molecule has 1 amide bonds. The molecule has 0 saturated carbocycles. The Kier molecular flexibility index (Phi) is 4.48. The molecule has 1 unspecified atom stereocenters. The lowest BCUT2D eigenvalue weighted by molar-refractivity contribution is 0.0760. The summed E-state index contributed by atoms with van der Waals surface area (Å²) in [6, 6.07) is 5.14. The van der Waals surface area contributed by atoms with E-state index >= 15 is 0 Å². The van der Waals surface area contributed by atoms with Crippen molar-refractivity contribution in [2.45, 2.75) is 26.2 Å². The van der Waals surface area contributed by atoms with Gasteiger partial charge >= 0.3 is 0 Å². The minimum absolute atomic E-state index is 0.0378. The van der Waals surface area contributed by atoms with E-state index in [1.165, 1.54) is 6.42 Å². The highest BCUT2D eigenvalue weighted by Crippen LogP contribution is 2.23. The van der Waals surface area contributed by atoms with Crippen LogP contribution in [0.4, 0.5) is 0 Å². The fourth-order valence-electron chi connectivity index (χ4n) is 2.29. The van der Waals surface area contributed by atoms with Crippen LogP contribution in [0.2, 0.25) is 0 Å². The molecule has 0 radical (unpaired) electrons. The zero-order valence-corrected chi connectivity index (χ0v) is 12.7. The molecule has 1 aromatic rings. The number of amides is 1. The number of aromatic hydroxyl groups is 1. The number of likely N-dealkylation sites (tertiary alicyclic amines) is 1. The van der Waals surface area contributed by atoms with E-state index in [0.29, 0.717) is 11.5 Å². The van der Waals surface area contributed by atoms with Crippen molar-refractivity contribution in [3.8, 4) is 5.75 Å². The Labute approximate surface area is 121 Å². The first kappa shape index (κ1) is 13.6. The second-order valence-electron chi connectivity index (χ2n) is 4.99. The van der Waals surface area contributed by atoms with Crippen LogP contribution in [0.15, 0.2) is 18.2 Å². The lowest BCUT2D eigenvalue weighted by Crippen LogP contribution is -2.31. The van der Waals surface area contributed by atoms with Crippen molar-refractivity contribution in [2.24, 2.45) is 5.92 Å². The summed E-state index contributed by atoms with van der Waals surface area (Å²) >= 11 is 2.05. The van der Waals surface area contributed by atoms with Gasteiger partial charge in [-0.05, 0) is 66.0 Å². The van der Waals surface area contributed by atoms with E-state index < -0.39 is 0 Å². The van der Waals surface area contributed by atoms with E-state index in [4.69, 9.17) is 0 Å². The first-order chi connectivity index (χ1) is 8.58. The van der Waals surface area contributed by atoms with Gasteiger partial charge < -0.3 is 10.0 Å². The van der Waals surface area contributed by atoms with Crippen molar-refractivity contribution in [1.82, 2.24) is 4.90 Å². The summed E-state index contributed by atoms with van der Waals surface area (Å²) in [6.07, 6.45) is 3.34. The number of carbonyl (C=O) groups excluding carboxylic acids is 1. The molecule has 1 fully saturated rings. The fraction of sp³-hybridized carbons (Fsp3) is 0.500. The highest BCUT2D eigenvalue weighted by atomic mass is 127. The molecule has 1 atom stereocenters. The highest BCUT2D eigenvalue weighted by Gasteiger charge is 2.20. The van der Waals surface area contributed by atoms with Gasteiger partial charge in [0.05, 0.1) is 3.57 Å². The Bertz CT molecular complexity index is 447. The van der Waals surface area contributed by atoms with E-state index in [9.17, 15) is 9.90 Å². The van der Waals surface area contributed by atoms with Crippen molar-refractivity contribution in [2.75, 3.05) is 13.1 Å². The van der Waals surface area contributed by atoms with Crippen LogP contribution in [0.25, 0.3) is 0 Å². The molecule has 1 aromatic carbocycles. The molecule has 2 rings (SSSR count). The third-order valence-corrected chi connectivity index (χ3v) is 4.41. The van der Waals surface area contributed by atoms with Crippen LogP contribution in [0, 0.1) is 9.49 Å². The number of nitrogens with zero attached hydrogens (tertiary/aromatic N) is 1. The molecule has 0 aliphatic carbocycles. The monoisotopic (exact) mass is 359 g/mol. The molecule has 0 bridgehead atoms. The lowest BCUT2D eigenvalue weighted by Gasteiger charge is -2.20. The quantitative estimate of drug-likeness (QED) is 0.782. The van der Waals surface area contributed by atoms with Crippen LogP contribution in [-0.2, 0) is 0 Å². The lowest BCUT2D eigenvalue weighted by atomic mass is 10.0. The Balaban J connectivity index is 2.12. The number of rotatable bonds is 1. The average Bonchev–Trinajstić information content (AvgIpc) is 2.57. The molecule has 98 valence electrons. The van der Waals surface area contributed by atoms with Gasteiger partial charge in [-0.25, -0.2) is 0 Å². The predicted molar refractivity (Wildman–Crippen MR) is 79.7 cm³/mol. The summed E-state index contributed by atoms with van der Waals surface area (Å²) in [7, 11) is 0. The maximum atomic E-state index is 12.3. The predicted octanol–water partition coefficient (Wildman–Crippen LogP) is 3.26. The van der Waals surface area contributed by atoms with Gasteiger partial charge in [-0.3, -0.25) is 4.79 Å². The summed E-state index contributed by atoms with van der Waals surface area (Å²) in [5.74, 6) is 0.924. The Morgan fingerprint density at radius 3 is 2.89 bits per heavy atom. The summed E-state index contributed by atoms with van der Waals surface area (Å²) in [5, 5.41) is 9.67. The van der Waals surface area contributed by atoms with Crippen LogP contribution in [0.5, 0.6) is 5.75 Å². The van der Waals surface area contributed by atoms with Gasteiger partial charge in [0.15, 0.2) is 0 Å². The summed E-state index contributed by atoms with van der Waals surface area (Å²) < 4.78 is 0.772. The standard InChI is InChI=1S/C14H18INO2/c1-10-3-2-7-16(8-6-10)14(18)11-4-5-12(15)13(17)9-11/h4-5,9-10,17H,2-3,6-8H2,1H3. The van der Waals surface area contributed by atoms with E-state index in [1.54, 1.807) is 18.2 Å². The SMILES string of the molecule is CC1CCCN(C(=O)c2ccc(I)c(O)c2)CC1. The van der Waals surface area contributed by atoms with Crippen molar-refractivity contribution in [3.05, 3.63) is 27.3 Å². The number of benzene rings is 1. The zero-order chi connectivity index (χ0) is 13.1. The molecular formula is C14H18INO2. The summed E-state index contributed by atoms with van der Waals surface area (Å²) in [6.45, 7) is 3.90. The van der Waals surface area contributed by atoms with Gasteiger partial charge in [-0.1, -0.05) is 6.92 Å². The Hall–Kier alpha value is -0.780. The molecular weight excluding hydrogens is 341 g/mol. The van der Waals surface area contributed by atoms with Crippen LogP contribution >= 0.6 is 22.6 Å². The zero-order valence-electron chi connectivity index (χ0n) is 10.5. The number of halogens is 1. The van der Waals surface area contributed by atoms with Crippen LogP contribution in [0.3, 0.4) is 0 Å². The van der Waals surface area contributed by atoms with Gasteiger partial charge in [-0.15, -0.1) is 0 Å². The normalized spacial score (nSPS) is 20.6. The first-order valence-corrected chi connectivity index (χ1v) is 7.43. The maximum Gasteiger partial charge on any atom is 0.253 e. The topological polar surface area (TPSA) is 40.5 Å². The maximum absolute atomic E-state index is 12.3. The molecule has 0 aromatic heterocycles. The van der Waals surface area contributed by atoms with E-state index in [0.717, 1.165) is 29.5 Å². The Morgan fingerprint density at radius 1 is 1.39 bits per heavy atom. The molecule has 1 heterocycles. The van der Waals surface area contributed by atoms with Crippen LogP contribution in [0.1, 0.15) is 36.5 Å². The number of hydrogen-bond acceptors (Lipinski definition) is 2.